The molecule has 2 aromatic rings. The Morgan fingerprint density at radius 3 is 2.61 bits per heavy atom. The van der Waals surface area contributed by atoms with Crippen LogP contribution in [-0.4, -0.2) is 36.7 Å². The van der Waals surface area contributed by atoms with Gasteiger partial charge in [-0.1, -0.05) is 36.4 Å². The Labute approximate surface area is 163 Å². The van der Waals surface area contributed by atoms with E-state index in [1.807, 2.05) is 41.3 Å². The van der Waals surface area contributed by atoms with Crippen molar-refractivity contribution >= 4 is 5.97 Å². The van der Waals surface area contributed by atoms with Gasteiger partial charge in [-0.2, -0.15) is 13.2 Å². The molecule has 6 heteroatoms. The maximum absolute atomic E-state index is 13.2. The fourth-order valence-corrected chi connectivity index (χ4v) is 3.67. The minimum absolute atomic E-state index is 0.0125. The van der Waals surface area contributed by atoms with E-state index in [-0.39, 0.29) is 19.6 Å². The molecule has 1 aliphatic heterocycles. The first-order chi connectivity index (χ1) is 13.4. The van der Waals surface area contributed by atoms with Gasteiger partial charge in [-0.05, 0) is 55.1 Å². The second kappa shape index (κ2) is 8.78. The Morgan fingerprint density at radius 1 is 1.18 bits per heavy atom. The molecule has 0 amide bonds. The van der Waals surface area contributed by atoms with Crippen molar-refractivity contribution in [1.29, 1.82) is 0 Å². The Hall–Kier alpha value is -2.34. The number of carbonyl (C=O) groups is 1. The average molecular weight is 391 g/mol. The number of hydrogen-bond donors (Lipinski definition) is 0. The number of benzene rings is 2. The number of ether oxygens (including phenoxy) is 1. The van der Waals surface area contributed by atoms with E-state index in [1.54, 1.807) is 19.1 Å². The quantitative estimate of drug-likeness (QED) is 0.648. The first kappa shape index (κ1) is 20.4. The summed E-state index contributed by atoms with van der Waals surface area (Å²) in [7, 11) is 0. The topological polar surface area (TPSA) is 29.5 Å². The summed E-state index contributed by atoms with van der Waals surface area (Å²) in [4.78, 5) is 14.0. The van der Waals surface area contributed by atoms with E-state index in [0.29, 0.717) is 25.1 Å². The first-order valence-corrected chi connectivity index (χ1v) is 9.53. The molecule has 1 atom stereocenters. The van der Waals surface area contributed by atoms with Gasteiger partial charge in [-0.3, -0.25) is 4.90 Å². The summed E-state index contributed by atoms with van der Waals surface area (Å²) in [5.41, 5.74) is 3.14. The van der Waals surface area contributed by atoms with Crippen LogP contribution in [0.25, 0.3) is 11.1 Å². The zero-order valence-corrected chi connectivity index (χ0v) is 15.8. The van der Waals surface area contributed by atoms with E-state index >= 15 is 0 Å². The molecule has 0 N–H and O–H groups in total. The van der Waals surface area contributed by atoms with Crippen LogP contribution >= 0.6 is 0 Å². The van der Waals surface area contributed by atoms with Crippen LogP contribution < -0.4 is 0 Å². The Morgan fingerprint density at radius 2 is 1.93 bits per heavy atom. The van der Waals surface area contributed by atoms with Gasteiger partial charge in [0, 0.05) is 13.1 Å². The predicted octanol–water partition coefficient (Wildman–Crippen LogP) is 5.30. The van der Waals surface area contributed by atoms with Gasteiger partial charge in [0.1, 0.15) is 0 Å². The molecule has 0 aliphatic carbocycles. The van der Waals surface area contributed by atoms with Gasteiger partial charge in [0.2, 0.25) is 0 Å². The normalized spacial score (nSPS) is 18.1. The zero-order valence-electron chi connectivity index (χ0n) is 15.8. The highest BCUT2D eigenvalue weighted by Gasteiger charge is 2.41. The molecule has 3 rings (SSSR count). The van der Waals surface area contributed by atoms with Gasteiger partial charge in [-0.25, -0.2) is 4.79 Å². The zero-order chi connectivity index (χ0) is 20.1. The molecule has 1 aliphatic rings. The Kier molecular flexibility index (Phi) is 6.39. The molecule has 28 heavy (non-hydrogen) atoms. The number of carbonyl (C=O) groups excluding carboxylic acids is 1. The summed E-state index contributed by atoms with van der Waals surface area (Å²) >= 11 is 0. The highest BCUT2D eigenvalue weighted by molar-refractivity contribution is 5.90. The van der Waals surface area contributed by atoms with E-state index in [4.69, 9.17) is 4.74 Å². The van der Waals surface area contributed by atoms with Crippen LogP contribution in [0.1, 0.15) is 35.7 Å². The maximum Gasteiger partial charge on any atom is 0.393 e. The number of rotatable bonds is 5. The first-order valence-electron chi connectivity index (χ1n) is 9.53. The number of alkyl halides is 3. The van der Waals surface area contributed by atoms with E-state index in [1.165, 1.54) is 0 Å². The standard InChI is InChI=1S/C22H24F3NO2/c1-2-28-21(27)17-10-11-20(16-7-4-3-5-8-16)18(13-17)14-26-12-6-9-19(15-26)22(23,24)25/h3-5,7-8,10-11,13,19H,2,6,9,12,14-15H2,1H3. The number of piperidine rings is 1. The minimum Gasteiger partial charge on any atom is -0.462 e. The van der Waals surface area contributed by atoms with Crippen LogP contribution in [0.2, 0.25) is 0 Å². The lowest BCUT2D eigenvalue weighted by molar-refractivity contribution is -0.187. The van der Waals surface area contributed by atoms with Gasteiger partial charge in [0.05, 0.1) is 18.1 Å². The lowest BCUT2D eigenvalue weighted by atomic mass is 9.94. The monoisotopic (exact) mass is 391 g/mol. The Balaban J connectivity index is 1.90. The molecule has 0 radical (unpaired) electrons. The molecule has 0 spiro atoms. The molecule has 0 bridgehead atoms. The molecular weight excluding hydrogens is 367 g/mol. The van der Waals surface area contributed by atoms with Crippen LogP contribution in [0.5, 0.6) is 0 Å². The van der Waals surface area contributed by atoms with Gasteiger partial charge in [0.15, 0.2) is 0 Å². The van der Waals surface area contributed by atoms with Gasteiger partial charge in [0.25, 0.3) is 0 Å². The summed E-state index contributed by atoms with van der Waals surface area (Å²) in [6.07, 6.45) is -3.48. The molecule has 1 fully saturated rings. The maximum atomic E-state index is 13.2. The third kappa shape index (κ3) is 4.93. The van der Waals surface area contributed by atoms with Crippen LogP contribution in [0, 0.1) is 5.92 Å². The second-order valence-corrected chi connectivity index (χ2v) is 7.07. The van der Waals surface area contributed by atoms with Gasteiger partial charge >= 0.3 is 12.1 Å². The molecule has 2 aromatic carbocycles. The molecule has 0 aromatic heterocycles. The molecule has 1 saturated heterocycles. The molecule has 0 saturated carbocycles. The van der Waals surface area contributed by atoms with E-state index in [2.05, 4.69) is 0 Å². The van der Waals surface area contributed by atoms with E-state index in [0.717, 1.165) is 16.7 Å². The third-order valence-electron chi connectivity index (χ3n) is 5.06. The average Bonchev–Trinajstić information content (AvgIpc) is 2.68. The van der Waals surface area contributed by atoms with Crippen molar-refractivity contribution < 1.29 is 22.7 Å². The van der Waals surface area contributed by atoms with E-state index < -0.39 is 18.1 Å². The van der Waals surface area contributed by atoms with Gasteiger partial charge < -0.3 is 4.74 Å². The van der Waals surface area contributed by atoms with E-state index in [9.17, 15) is 18.0 Å². The molecule has 1 unspecified atom stereocenters. The van der Waals surface area contributed by atoms with Crippen molar-refractivity contribution in [2.75, 3.05) is 19.7 Å². The smallest absolute Gasteiger partial charge is 0.393 e. The minimum atomic E-state index is -4.17. The molecular formula is C22H24F3NO2. The predicted molar refractivity (Wildman–Crippen MR) is 102 cm³/mol. The van der Waals surface area contributed by atoms with Crippen LogP contribution in [0.4, 0.5) is 13.2 Å². The highest BCUT2D eigenvalue weighted by Crippen LogP contribution is 2.34. The lowest BCUT2D eigenvalue weighted by Crippen LogP contribution is -2.41. The number of hydrogen-bond acceptors (Lipinski definition) is 3. The third-order valence-corrected chi connectivity index (χ3v) is 5.06. The summed E-state index contributed by atoms with van der Waals surface area (Å²) in [5, 5.41) is 0. The number of esters is 1. The summed E-state index contributed by atoms with van der Waals surface area (Å²) in [5.74, 6) is -1.72. The summed E-state index contributed by atoms with van der Waals surface area (Å²) in [6, 6.07) is 15.0. The van der Waals surface area contributed by atoms with Crippen molar-refractivity contribution in [3.8, 4) is 11.1 Å². The number of halogens is 3. The summed E-state index contributed by atoms with van der Waals surface area (Å²) < 4.78 is 44.6. The van der Waals surface area contributed by atoms with Gasteiger partial charge in [-0.15, -0.1) is 0 Å². The SMILES string of the molecule is CCOC(=O)c1ccc(-c2ccccc2)c(CN2CCCC(C(F)(F)F)C2)c1. The summed E-state index contributed by atoms with van der Waals surface area (Å²) in [6.45, 7) is 2.98. The van der Waals surface area contributed by atoms with Crippen molar-refractivity contribution in [3.63, 3.8) is 0 Å². The van der Waals surface area contributed by atoms with Crippen molar-refractivity contribution in [2.45, 2.75) is 32.5 Å². The van der Waals surface area contributed by atoms with Crippen molar-refractivity contribution in [2.24, 2.45) is 5.92 Å². The fraction of sp³-hybridized carbons (Fsp3) is 0.409. The fourth-order valence-electron chi connectivity index (χ4n) is 3.67. The number of nitrogens with zero attached hydrogens (tertiary/aromatic N) is 1. The van der Waals surface area contributed by atoms with Crippen LogP contribution in [-0.2, 0) is 11.3 Å². The highest BCUT2D eigenvalue weighted by atomic mass is 19.4. The second-order valence-electron chi connectivity index (χ2n) is 7.07. The largest absolute Gasteiger partial charge is 0.462 e. The van der Waals surface area contributed by atoms with Crippen molar-refractivity contribution in [3.05, 3.63) is 59.7 Å². The van der Waals surface area contributed by atoms with Crippen molar-refractivity contribution in [1.82, 2.24) is 4.90 Å². The molecule has 3 nitrogen and oxygen atoms in total. The van der Waals surface area contributed by atoms with Crippen LogP contribution in [0.3, 0.4) is 0 Å². The molecule has 1 heterocycles. The van der Waals surface area contributed by atoms with Crippen LogP contribution in [0.15, 0.2) is 48.5 Å². The number of likely N-dealkylation sites (tertiary alicyclic amines) is 1. The lowest BCUT2D eigenvalue weighted by Gasteiger charge is -2.34. The molecule has 150 valence electrons. The Bertz CT molecular complexity index is 805.